The molecule has 0 radical (unpaired) electrons. The van der Waals surface area contributed by atoms with E-state index in [1.54, 1.807) is 0 Å². The number of thioether (sulfide) groups is 1. The summed E-state index contributed by atoms with van der Waals surface area (Å²) in [6.07, 6.45) is 0. The van der Waals surface area contributed by atoms with Crippen molar-refractivity contribution >= 4 is 28.4 Å². The molecular weight excluding hydrogens is 458 g/mol. The summed E-state index contributed by atoms with van der Waals surface area (Å²) in [5, 5.41) is 14.3. The summed E-state index contributed by atoms with van der Waals surface area (Å²) >= 11 is 1.35. The van der Waals surface area contributed by atoms with Gasteiger partial charge in [0.2, 0.25) is 11.1 Å². The third-order valence-corrected chi connectivity index (χ3v) is 6.22. The molecule has 0 fully saturated rings. The predicted octanol–water partition coefficient (Wildman–Crippen LogP) is 5.07. The molecule has 182 valence electrons. The predicted molar refractivity (Wildman–Crippen MR) is 141 cm³/mol. The number of aryl methyl sites for hydroxylation is 1. The number of fused-ring (bicyclic) bond motifs is 1. The van der Waals surface area contributed by atoms with Crippen LogP contribution in [0.2, 0.25) is 0 Å². The van der Waals surface area contributed by atoms with E-state index >= 15 is 0 Å². The number of rotatable bonds is 9. The molecule has 0 atom stereocenters. The Morgan fingerprint density at radius 2 is 1.74 bits per heavy atom. The van der Waals surface area contributed by atoms with E-state index < -0.39 is 0 Å². The molecule has 1 amide bonds. The fourth-order valence-corrected chi connectivity index (χ4v) is 4.49. The maximum Gasteiger partial charge on any atom is 0.230 e. The smallest absolute Gasteiger partial charge is 0.230 e. The van der Waals surface area contributed by atoms with Gasteiger partial charge in [0.1, 0.15) is 18.2 Å². The van der Waals surface area contributed by atoms with Crippen LogP contribution in [0, 0.1) is 6.92 Å². The first-order valence-corrected chi connectivity index (χ1v) is 12.6. The van der Waals surface area contributed by atoms with Gasteiger partial charge in [-0.25, -0.2) is 4.68 Å². The molecule has 7 nitrogen and oxygen atoms in total. The Morgan fingerprint density at radius 3 is 2.51 bits per heavy atom. The van der Waals surface area contributed by atoms with Gasteiger partial charge in [-0.1, -0.05) is 72.4 Å². The number of carbonyl (C=O) groups is 1. The van der Waals surface area contributed by atoms with E-state index in [4.69, 9.17) is 4.74 Å². The van der Waals surface area contributed by atoms with Gasteiger partial charge in [0.15, 0.2) is 0 Å². The molecule has 0 unspecified atom stereocenters. The third kappa shape index (κ3) is 6.54. The van der Waals surface area contributed by atoms with Gasteiger partial charge in [-0.05, 0) is 50.1 Å². The van der Waals surface area contributed by atoms with Crippen molar-refractivity contribution in [1.82, 2.24) is 20.2 Å². The van der Waals surface area contributed by atoms with Gasteiger partial charge in [-0.2, -0.15) is 0 Å². The average Bonchev–Trinajstić information content (AvgIpc) is 3.19. The summed E-state index contributed by atoms with van der Waals surface area (Å²) < 4.78 is 8.08. The number of amides is 1. The zero-order valence-electron chi connectivity index (χ0n) is 20.5. The van der Waals surface area contributed by atoms with Gasteiger partial charge in [-0.15, -0.1) is 10.2 Å². The van der Waals surface area contributed by atoms with Gasteiger partial charge in [-0.3, -0.25) is 4.79 Å². The van der Waals surface area contributed by atoms with Crippen molar-refractivity contribution in [2.75, 3.05) is 11.2 Å². The highest BCUT2D eigenvalue weighted by atomic mass is 32.2. The number of aromatic nitrogens is 3. The lowest BCUT2D eigenvalue weighted by Gasteiger charge is -2.20. The quantitative estimate of drug-likeness (QED) is 0.320. The van der Waals surface area contributed by atoms with Crippen molar-refractivity contribution in [2.24, 2.45) is 0 Å². The lowest BCUT2D eigenvalue weighted by molar-refractivity contribution is -0.119. The molecule has 1 heterocycles. The number of benzene rings is 3. The largest absolute Gasteiger partial charge is 0.489 e. The monoisotopic (exact) mass is 489 g/mol. The second-order valence-electron chi connectivity index (χ2n) is 9.32. The SMILES string of the molecule is Cc1nnc(SCC(=O)NC(C)(C)C)n1NCc1c(OCc2ccccc2)ccc2ccccc12. The van der Waals surface area contributed by atoms with Crippen LogP contribution in [-0.2, 0) is 17.9 Å². The van der Waals surface area contributed by atoms with Crippen molar-refractivity contribution in [3.8, 4) is 5.75 Å². The fraction of sp³-hybridized carbons (Fsp3) is 0.296. The standard InChI is InChI=1S/C27H31N5O2S/c1-19-30-31-26(35-18-25(33)29-27(2,3)4)32(19)28-16-23-22-13-9-8-12-21(22)14-15-24(23)34-17-20-10-6-5-7-11-20/h5-15,28H,16-18H2,1-4H3,(H,29,33). The van der Waals surface area contributed by atoms with Gasteiger partial charge >= 0.3 is 0 Å². The third-order valence-electron chi connectivity index (χ3n) is 5.29. The van der Waals surface area contributed by atoms with E-state index in [0.29, 0.717) is 18.3 Å². The first kappa shape index (κ1) is 24.6. The molecule has 0 aliphatic carbocycles. The Bertz CT molecular complexity index is 1300. The van der Waals surface area contributed by atoms with Crippen molar-refractivity contribution < 1.29 is 9.53 Å². The summed E-state index contributed by atoms with van der Waals surface area (Å²) in [6, 6.07) is 22.5. The number of nitrogens with zero attached hydrogens (tertiary/aromatic N) is 3. The van der Waals surface area contributed by atoms with Crippen molar-refractivity contribution in [1.29, 1.82) is 0 Å². The number of carbonyl (C=O) groups excluding carboxylic acids is 1. The number of hydrogen-bond acceptors (Lipinski definition) is 6. The number of nitrogens with one attached hydrogen (secondary N) is 2. The van der Waals surface area contributed by atoms with Gasteiger partial charge in [0.05, 0.1) is 12.3 Å². The maximum absolute atomic E-state index is 12.3. The fourth-order valence-electron chi connectivity index (χ4n) is 3.73. The van der Waals surface area contributed by atoms with Crippen LogP contribution in [0.3, 0.4) is 0 Å². The van der Waals surface area contributed by atoms with Gasteiger partial charge in [0, 0.05) is 11.1 Å². The maximum atomic E-state index is 12.3. The van der Waals surface area contributed by atoms with Crippen molar-refractivity contribution in [3.05, 3.63) is 83.7 Å². The minimum absolute atomic E-state index is 0.0413. The highest BCUT2D eigenvalue weighted by Gasteiger charge is 2.17. The van der Waals surface area contributed by atoms with E-state index in [9.17, 15) is 4.79 Å². The Hall–Kier alpha value is -3.52. The van der Waals surface area contributed by atoms with Crippen LogP contribution in [0.1, 0.15) is 37.7 Å². The minimum atomic E-state index is -0.274. The molecule has 4 rings (SSSR count). The Labute approximate surface area is 210 Å². The van der Waals surface area contributed by atoms with Crippen LogP contribution in [0.5, 0.6) is 5.75 Å². The van der Waals surface area contributed by atoms with Crippen LogP contribution in [-0.4, -0.2) is 32.1 Å². The second kappa shape index (κ2) is 10.8. The molecule has 8 heteroatoms. The van der Waals surface area contributed by atoms with Crippen LogP contribution in [0.25, 0.3) is 10.8 Å². The van der Waals surface area contributed by atoms with Crippen molar-refractivity contribution in [2.45, 2.75) is 51.5 Å². The van der Waals surface area contributed by atoms with Crippen LogP contribution in [0.15, 0.2) is 71.9 Å². The van der Waals surface area contributed by atoms with E-state index in [2.05, 4.69) is 51.3 Å². The Morgan fingerprint density at radius 1 is 1.00 bits per heavy atom. The number of ether oxygens (including phenoxy) is 1. The zero-order valence-corrected chi connectivity index (χ0v) is 21.4. The zero-order chi connectivity index (χ0) is 24.8. The van der Waals surface area contributed by atoms with E-state index in [1.165, 1.54) is 11.8 Å². The molecular formula is C27H31N5O2S. The van der Waals surface area contributed by atoms with Gasteiger partial charge < -0.3 is 15.5 Å². The summed E-state index contributed by atoms with van der Waals surface area (Å²) in [4.78, 5) is 12.3. The lowest BCUT2D eigenvalue weighted by Crippen LogP contribution is -2.41. The molecule has 1 aromatic heterocycles. The summed E-state index contributed by atoms with van der Waals surface area (Å²) in [5.41, 5.74) is 5.33. The highest BCUT2D eigenvalue weighted by Crippen LogP contribution is 2.29. The first-order valence-electron chi connectivity index (χ1n) is 11.6. The minimum Gasteiger partial charge on any atom is -0.489 e. The molecule has 2 N–H and O–H groups in total. The molecule has 0 aliphatic rings. The normalized spacial score (nSPS) is 11.4. The lowest BCUT2D eigenvalue weighted by atomic mass is 10.0. The second-order valence-corrected chi connectivity index (χ2v) is 10.3. The molecule has 0 aliphatic heterocycles. The molecule has 0 saturated heterocycles. The molecule has 0 saturated carbocycles. The molecule has 4 aromatic rings. The Kier molecular flexibility index (Phi) is 7.60. The highest BCUT2D eigenvalue weighted by molar-refractivity contribution is 7.99. The van der Waals surface area contributed by atoms with Crippen LogP contribution < -0.4 is 15.5 Å². The topological polar surface area (TPSA) is 81.1 Å². The van der Waals surface area contributed by atoms with E-state index in [0.717, 1.165) is 33.5 Å². The van der Waals surface area contributed by atoms with Crippen LogP contribution in [0.4, 0.5) is 0 Å². The summed E-state index contributed by atoms with van der Waals surface area (Å²) in [6.45, 7) is 8.77. The van der Waals surface area contributed by atoms with Gasteiger partial charge in [0.25, 0.3) is 0 Å². The average molecular weight is 490 g/mol. The molecule has 35 heavy (non-hydrogen) atoms. The number of hydrogen-bond donors (Lipinski definition) is 2. The summed E-state index contributed by atoms with van der Waals surface area (Å²) in [5.74, 6) is 1.76. The van der Waals surface area contributed by atoms with E-state index in [1.807, 2.05) is 68.8 Å². The first-order chi connectivity index (χ1) is 16.8. The molecule has 0 bridgehead atoms. The van der Waals surface area contributed by atoms with E-state index in [-0.39, 0.29) is 17.2 Å². The molecule has 3 aromatic carbocycles. The van der Waals surface area contributed by atoms with Crippen molar-refractivity contribution in [3.63, 3.8) is 0 Å². The Balaban J connectivity index is 1.53. The molecule has 0 spiro atoms. The van der Waals surface area contributed by atoms with Crippen LogP contribution >= 0.6 is 11.8 Å². The summed E-state index contributed by atoms with van der Waals surface area (Å²) in [7, 11) is 0.